The van der Waals surface area contributed by atoms with Gasteiger partial charge >= 0.3 is 0 Å². The molecule has 2 aromatic rings. The molecule has 1 fully saturated rings. The van der Waals surface area contributed by atoms with Gasteiger partial charge in [0, 0.05) is 23.7 Å². The van der Waals surface area contributed by atoms with Crippen molar-refractivity contribution >= 4 is 15.7 Å². The van der Waals surface area contributed by atoms with E-state index in [1.54, 1.807) is 42.5 Å². The van der Waals surface area contributed by atoms with E-state index in [1.807, 2.05) is 13.8 Å². The lowest BCUT2D eigenvalue weighted by Crippen LogP contribution is -2.40. The van der Waals surface area contributed by atoms with Gasteiger partial charge in [0.25, 0.3) is 5.91 Å². The van der Waals surface area contributed by atoms with Crippen molar-refractivity contribution < 1.29 is 22.3 Å². The molecule has 0 bridgehead atoms. The number of sulfone groups is 1. The minimum absolute atomic E-state index is 0.0251. The third-order valence-corrected chi connectivity index (χ3v) is 6.64. The van der Waals surface area contributed by atoms with Gasteiger partial charge in [0.2, 0.25) is 0 Å². The van der Waals surface area contributed by atoms with Crippen molar-refractivity contribution in [2.45, 2.75) is 32.9 Å². The fraction of sp³-hybridized carbons (Fsp3) is 0.409. The number of rotatable bonds is 7. The monoisotopic (exact) mass is 419 g/mol. The van der Waals surface area contributed by atoms with Gasteiger partial charge in [-0.05, 0) is 42.7 Å². The van der Waals surface area contributed by atoms with Crippen molar-refractivity contribution in [3.63, 3.8) is 0 Å². The largest absolute Gasteiger partial charge is 0.493 e. The Morgan fingerprint density at radius 2 is 1.86 bits per heavy atom. The van der Waals surface area contributed by atoms with Gasteiger partial charge in [-0.1, -0.05) is 32.0 Å². The van der Waals surface area contributed by atoms with Crippen molar-refractivity contribution in [3.05, 3.63) is 65.5 Å². The van der Waals surface area contributed by atoms with E-state index in [9.17, 15) is 17.6 Å². The molecule has 1 aliphatic heterocycles. The first-order valence-electron chi connectivity index (χ1n) is 9.73. The molecule has 1 saturated heterocycles. The number of hydrogen-bond acceptors (Lipinski definition) is 4. The highest BCUT2D eigenvalue weighted by atomic mass is 32.2. The Morgan fingerprint density at radius 1 is 1.17 bits per heavy atom. The lowest BCUT2D eigenvalue weighted by molar-refractivity contribution is 0.0679. The van der Waals surface area contributed by atoms with E-state index in [1.165, 1.54) is 11.0 Å². The van der Waals surface area contributed by atoms with Gasteiger partial charge in [-0.25, -0.2) is 12.8 Å². The highest BCUT2D eigenvalue weighted by Gasteiger charge is 2.35. The van der Waals surface area contributed by atoms with Crippen LogP contribution in [-0.4, -0.2) is 43.4 Å². The zero-order chi connectivity index (χ0) is 21.0. The quantitative estimate of drug-likeness (QED) is 0.687. The van der Waals surface area contributed by atoms with Crippen LogP contribution in [0.2, 0.25) is 0 Å². The molecule has 0 spiro atoms. The first-order valence-corrected chi connectivity index (χ1v) is 11.5. The molecule has 0 aromatic heterocycles. The molecule has 2 aromatic carbocycles. The Bertz CT molecular complexity index is 957. The Kier molecular flexibility index (Phi) is 6.57. The Balaban J connectivity index is 1.83. The van der Waals surface area contributed by atoms with Crippen molar-refractivity contribution in [2.75, 3.05) is 18.1 Å². The average molecular weight is 420 g/mol. The molecule has 3 rings (SSSR count). The molecule has 1 amide bonds. The van der Waals surface area contributed by atoms with Crippen LogP contribution in [-0.2, 0) is 16.4 Å². The van der Waals surface area contributed by atoms with E-state index in [2.05, 4.69) is 0 Å². The maximum atomic E-state index is 14.2. The maximum absolute atomic E-state index is 14.2. The predicted molar refractivity (Wildman–Crippen MR) is 110 cm³/mol. The standard InChI is InChI=1S/C22H26FNO4S/c1-16(2)14-28-20-9-7-17(8-10-20)22(25)24(19-11-12-29(26,27)15-19)13-18-5-3-4-6-21(18)23/h3-10,16,19H,11-15H2,1-2H3/t19-/m1/s1. The molecule has 0 saturated carbocycles. The number of halogens is 1. The van der Waals surface area contributed by atoms with Gasteiger partial charge in [0.1, 0.15) is 11.6 Å². The molecule has 0 radical (unpaired) electrons. The molecule has 0 aliphatic carbocycles. The van der Waals surface area contributed by atoms with Crippen LogP contribution in [0.3, 0.4) is 0 Å². The SMILES string of the molecule is CC(C)COc1ccc(C(=O)N(Cc2ccccc2F)[C@@H]2CCS(=O)(=O)C2)cc1. The summed E-state index contributed by atoms with van der Waals surface area (Å²) in [4.78, 5) is 14.7. The number of amides is 1. The summed E-state index contributed by atoms with van der Waals surface area (Å²) in [6, 6.07) is 12.5. The topological polar surface area (TPSA) is 63.7 Å². The van der Waals surface area contributed by atoms with Gasteiger partial charge in [-0.15, -0.1) is 0 Å². The lowest BCUT2D eigenvalue weighted by Gasteiger charge is -2.29. The highest BCUT2D eigenvalue weighted by molar-refractivity contribution is 7.91. The lowest BCUT2D eigenvalue weighted by atomic mass is 10.1. The molecular formula is C22H26FNO4S. The molecule has 1 aliphatic rings. The Labute approximate surface area is 171 Å². The molecule has 29 heavy (non-hydrogen) atoms. The van der Waals surface area contributed by atoms with Crippen LogP contribution in [0.4, 0.5) is 4.39 Å². The molecule has 0 N–H and O–H groups in total. The first kappa shape index (κ1) is 21.3. The van der Waals surface area contributed by atoms with Crippen molar-refractivity contribution in [1.82, 2.24) is 4.90 Å². The Morgan fingerprint density at radius 3 is 2.45 bits per heavy atom. The van der Waals surface area contributed by atoms with E-state index >= 15 is 0 Å². The summed E-state index contributed by atoms with van der Waals surface area (Å²) >= 11 is 0. The molecule has 7 heteroatoms. The zero-order valence-electron chi connectivity index (χ0n) is 16.7. The molecule has 5 nitrogen and oxygen atoms in total. The van der Waals surface area contributed by atoms with Crippen LogP contribution in [0, 0.1) is 11.7 Å². The van der Waals surface area contributed by atoms with Crippen molar-refractivity contribution in [3.8, 4) is 5.75 Å². The summed E-state index contributed by atoms with van der Waals surface area (Å²) < 4.78 is 43.8. The van der Waals surface area contributed by atoms with E-state index in [-0.39, 0.29) is 24.0 Å². The van der Waals surface area contributed by atoms with Gasteiger partial charge < -0.3 is 9.64 Å². The normalized spacial score (nSPS) is 18.0. The molecule has 1 heterocycles. The number of ether oxygens (including phenoxy) is 1. The van der Waals surface area contributed by atoms with Crippen molar-refractivity contribution in [2.24, 2.45) is 5.92 Å². The fourth-order valence-corrected chi connectivity index (χ4v) is 5.05. The number of nitrogens with zero attached hydrogens (tertiary/aromatic N) is 1. The van der Waals surface area contributed by atoms with Crippen LogP contribution < -0.4 is 4.74 Å². The smallest absolute Gasteiger partial charge is 0.254 e. The summed E-state index contributed by atoms with van der Waals surface area (Å²) in [5.74, 6) is 0.273. The summed E-state index contributed by atoms with van der Waals surface area (Å²) in [6.07, 6.45) is 0.359. The summed E-state index contributed by atoms with van der Waals surface area (Å²) in [7, 11) is -3.19. The second-order valence-corrected chi connectivity index (χ2v) is 10.0. The maximum Gasteiger partial charge on any atom is 0.254 e. The first-order chi connectivity index (χ1) is 13.7. The van der Waals surface area contributed by atoms with E-state index < -0.39 is 21.7 Å². The van der Waals surface area contributed by atoms with E-state index in [4.69, 9.17) is 4.74 Å². The van der Waals surface area contributed by atoms with Gasteiger partial charge in [0.15, 0.2) is 9.84 Å². The van der Waals surface area contributed by atoms with Crippen LogP contribution >= 0.6 is 0 Å². The average Bonchev–Trinajstić information content (AvgIpc) is 3.05. The van der Waals surface area contributed by atoms with Crippen LogP contribution in [0.25, 0.3) is 0 Å². The Hall–Kier alpha value is -2.41. The fourth-order valence-electron chi connectivity index (χ4n) is 3.32. The van der Waals surface area contributed by atoms with E-state index in [0.717, 1.165) is 0 Å². The summed E-state index contributed by atoms with van der Waals surface area (Å²) in [6.45, 7) is 4.70. The third-order valence-electron chi connectivity index (χ3n) is 4.89. The van der Waals surface area contributed by atoms with Crippen molar-refractivity contribution in [1.29, 1.82) is 0 Å². The number of hydrogen-bond donors (Lipinski definition) is 0. The minimum Gasteiger partial charge on any atom is -0.493 e. The second-order valence-electron chi connectivity index (χ2n) is 7.81. The van der Waals surface area contributed by atoms with Crippen LogP contribution in [0.5, 0.6) is 5.75 Å². The summed E-state index contributed by atoms with van der Waals surface area (Å²) in [5, 5.41) is 0. The number of benzene rings is 2. The second kappa shape index (κ2) is 8.95. The van der Waals surface area contributed by atoms with E-state index in [0.29, 0.717) is 35.8 Å². The predicted octanol–water partition coefficient (Wildman–Crippen LogP) is 3.69. The highest BCUT2D eigenvalue weighted by Crippen LogP contribution is 2.24. The van der Waals surface area contributed by atoms with Crippen LogP contribution in [0.1, 0.15) is 36.2 Å². The number of carbonyl (C=O) groups is 1. The summed E-state index contributed by atoms with van der Waals surface area (Å²) in [5.41, 5.74) is 0.782. The molecular weight excluding hydrogens is 393 g/mol. The van der Waals surface area contributed by atoms with Gasteiger partial charge in [-0.3, -0.25) is 4.79 Å². The van der Waals surface area contributed by atoms with Crippen LogP contribution in [0.15, 0.2) is 48.5 Å². The zero-order valence-corrected chi connectivity index (χ0v) is 17.5. The van der Waals surface area contributed by atoms with Gasteiger partial charge in [-0.2, -0.15) is 0 Å². The number of carbonyl (C=O) groups excluding carboxylic acids is 1. The molecule has 156 valence electrons. The molecule has 0 unspecified atom stereocenters. The third kappa shape index (κ3) is 5.56. The van der Waals surface area contributed by atoms with Gasteiger partial charge in [0.05, 0.1) is 18.1 Å². The minimum atomic E-state index is -3.19. The molecule has 1 atom stereocenters.